The van der Waals surface area contributed by atoms with E-state index in [0.29, 0.717) is 38.1 Å². The number of aliphatic carboxylic acids is 1. The zero-order valence-electron chi connectivity index (χ0n) is 15.7. The Bertz CT molecular complexity index is 807. The van der Waals surface area contributed by atoms with Gasteiger partial charge >= 0.3 is 5.97 Å². The summed E-state index contributed by atoms with van der Waals surface area (Å²) in [6, 6.07) is 0. The Morgan fingerprint density at radius 1 is 1.15 bits per heavy atom. The standard InChI is InChI=1S/C17H26N4O5S/c1-12-18-15(11-19(12)2)27(25,26)21-8-5-13(6-9-21)16(22)20-7-3-4-14(10-20)17(23)24/h11,13-14H,3-10H2,1-2H3,(H,23,24). The summed E-state index contributed by atoms with van der Waals surface area (Å²) < 4.78 is 28.5. The average Bonchev–Trinajstić information content (AvgIpc) is 3.01. The number of hydrogen-bond acceptors (Lipinski definition) is 5. The number of piperidine rings is 2. The first kappa shape index (κ1) is 19.8. The highest BCUT2D eigenvalue weighted by atomic mass is 32.2. The number of rotatable bonds is 4. The molecule has 9 nitrogen and oxygen atoms in total. The van der Waals surface area contributed by atoms with Gasteiger partial charge in [-0.25, -0.2) is 13.4 Å². The molecule has 27 heavy (non-hydrogen) atoms. The zero-order valence-corrected chi connectivity index (χ0v) is 16.5. The van der Waals surface area contributed by atoms with Crippen molar-refractivity contribution >= 4 is 21.9 Å². The molecule has 2 saturated heterocycles. The van der Waals surface area contributed by atoms with Crippen LogP contribution in [-0.4, -0.2) is 70.3 Å². The van der Waals surface area contributed by atoms with Crippen molar-refractivity contribution in [1.82, 2.24) is 18.8 Å². The number of carbonyl (C=O) groups excluding carboxylic acids is 1. The number of imidazole rings is 1. The number of amides is 1. The van der Waals surface area contributed by atoms with Gasteiger partial charge in [-0.15, -0.1) is 0 Å². The highest BCUT2D eigenvalue weighted by Crippen LogP contribution is 2.26. The lowest BCUT2D eigenvalue weighted by Crippen LogP contribution is -2.48. The van der Waals surface area contributed by atoms with Crippen LogP contribution in [0.15, 0.2) is 11.2 Å². The number of hydrogen-bond donors (Lipinski definition) is 1. The minimum absolute atomic E-state index is 0.0348. The molecule has 2 aliphatic heterocycles. The van der Waals surface area contributed by atoms with E-state index < -0.39 is 21.9 Å². The summed E-state index contributed by atoms with van der Waals surface area (Å²) in [4.78, 5) is 29.7. The minimum atomic E-state index is -3.66. The van der Waals surface area contributed by atoms with E-state index in [1.165, 1.54) is 10.5 Å². The van der Waals surface area contributed by atoms with E-state index in [4.69, 9.17) is 0 Å². The molecule has 10 heteroatoms. The van der Waals surface area contributed by atoms with Crippen LogP contribution in [0.3, 0.4) is 0 Å². The monoisotopic (exact) mass is 398 g/mol. The second kappa shape index (κ2) is 7.59. The number of likely N-dealkylation sites (tertiary alicyclic amines) is 1. The second-order valence-electron chi connectivity index (χ2n) is 7.38. The molecular formula is C17H26N4O5S. The topological polar surface area (TPSA) is 113 Å². The molecule has 0 aliphatic carbocycles. The van der Waals surface area contributed by atoms with Gasteiger partial charge in [0, 0.05) is 45.3 Å². The van der Waals surface area contributed by atoms with Crippen LogP contribution in [0, 0.1) is 18.8 Å². The fraction of sp³-hybridized carbons (Fsp3) is 0.706. The maximum atomic E-state index is 12.7. The van der Waals surface area contributed by atoms with Gasteiger partial charge in [-0.3, -0.25) is 9.59 Å². The molecule has 0 spiro atoms. The largest absolute Gasteiger partial charge is 0.481 e. The Morgan fingerprint density at radius 3 is 2.37 bits per heavy atom. The Balaban J connectivity index is 1.61. The van der Waals surface area contributed by atoms with Crippen molar-refractivity contribution < 1.29 is 23.1 Å². The fourth-order valence-corrected chi connectivity index (χ4v) is 5.26. The van der Waals surface area contributed by atoms with Crippen LogP contribution >= 0.6 is 0 Å². The van der Waals surface area contributed by atoms with Gasteiger partial charge in [0.25, 0.3) is 10.0 Å². The first-order chi connectivity index (χ1) is 12.7. The number of nitrogens with zero attached hydrogens (tertiary/aromatic N) is 4. The van der Waals surface area contributed by atoms with Crippen LogP contribution < -0.4 is 0 Å². The van der Waals surface area contributed by atoms with Crippen molar-refractivity contribution in [2.75, 3.05) is 26.2 Å². The van der Waals surface area contributed by atoms with Crippen LogP contribution in [0.2, 0.25) is 0 Å². The van der Waals surface area contributed by atoms with Crippen molar-refractivity contribution in [2.45, 2.75) is 37.6 Å². The van der Waals surface area contributed by atoms with Crippen molar-refractivity contribution in [3.63, 3.8) is 0 Å². The lowest BCUT2D eigenvalue weighted by atomic mass is 9.93. The van der Waals surface area contributed by atoms with Gasteiger partial charge in [-0.2, -0.15) is 4.31 Å². The van der Waals surface area contributed by atoms with E-state index in [2.05, 4.69) is 4.98 Å². The zero-order chi connectivity index (χ0) is 19.8. The number of aromatic nitrogens is 2. The number of sulfonamides is 1. The summed E-state index contributed by atoms with van der Waals surface area (Å²) in [5.41, 5.74) is 0. The maximum Gasteiger partial charge on any atom is 0.308 e. The molecule has 0 bridgehead atoms. The minimum Gasteiger partial charge on any atom is -0.481 e. The molecule has 2 aliphatic rings. The average molecular weight is 398 g/mol. The van der Waals surface area contributed by atoms with Gasteiger partial charge in [-0.05, 0) is 32.6 Å². The Kier molecular flexibility index (Phi) is 5.57. The summed E-state index contributed by atoms with van der Waals surface area (Å²) >= 11 is 0. The van der Waals surface area contributed by atoms with Gasteiger partial charge in [0.15, 0.2) is 5.03 Å². The van der Waals surface area contributed by atoms with E-state index in [1.807, 2.05) is 0 Å². The molecule has 2 fully saturated rings. The van der Waals surface area contributed by atoms with Crippen LogP contribution in [-0.2, 0) is 26.7 Å². The lowest BCUT2D eigenvalue weighted by molar-refractivity contribution is -0.147. The highest BCUT2D eigenvalue weighted by Gasteiger charge is 2.36. The van der Waals surface area contributed by atoms with Crippen LogP contribution in [0.5, 0.6) is 0 Å². The molecule has 1 N–H and O–H groups in total. The Labute approximate surface area is 159 Å². The molecule has 1 atom stereocenters. The molecule has 1 amide bonds. The summed E-state index contributed by atoms with van der Waals surface area (Å²) in [5.74, 6) is -1.05. The molecule has 1 aromatic heterocycles. The molecule has 0 aromatic carbocycles. The van der Waals surface area contributed by atoms with E-state index >= 15 is 0 Å². The normalized spacial score (nSPS) is 22.7. The molecule has 150 valence electrons. The molecule has 3 rings (SSSR count). The lowest BCUT2D eigenvalue weighted by Gasteiger charge is -2.36. The third-order valence-corrected chi connectivity index (χ3v) is 7.35. The predicted octanol–water partition coefficient (Wildman–Crippen LogP) is 0.452. The molecule has 0 radical (unpaired) electrons. The van der Waals surface area contributed by atoms with Crippen molar-refractivity contribution in [3.05, 3.63) is 12.0 Å². The SMILES string of the molecule is Cc1nc(S(=O)(=O)N2CCC(C(=O)N3CCCC(C(=O)O)C3)CC2)cn1C. The predicted molar refractivity (Wildman–Crippen MR) is 96.4 cm³/mol. The third-order valence-electron chi connectivity index (χ3n) is 5.58. The van der Waals surface area contributed by atoms with Gasteiger partial charge in [0.1, 0.15) is 5.82 Å². The van der Waals surface area contributed by atoms with E-state index in [9.17, 15) is 23.1 Å². The summed E-state index contributed by atoms with van der Waals surface area (Å²) in [6.07, 6.45) is 3.67. The fourth-order valence-electron chi connectivity index (χ4n) is 3.76. The Morgan fingerprint density at radius 2 is 1.81 bits per heavy atom. The molecular weight excluding hydrogens is 372 g/mol. The first-order valence-corrected chi connectivity index (χ1v) is 10.7. The van der Waals surface area contributed by atoms with Crippen molar-refractivity contribution in [1.29, 1.82) is 0 Å². The quantitative estimate of drug-likeness (QED) is 0.788. The van der Waals surface area contributed by atoms with Gasteiger partial charge in [0.2, 0.25) is 5.91 Å². The third kappa shape index (κ3) is 4.01. The molecule has 1 unspecified atom stereocenters. The van der Waals surface area contributed by atoms with Crippen LogP contribution in [0.25, 0.3) is 0 Å². The number of carboxylic acid groups (broad SMARTS) is 1. The number of aryl methyl sites for hydroxylation is 2. The van der Waals surface area contributed by atoms with E-state index in [-0.39, 0.29) is 36.5 Å². The van der Waals surface area contributed by atoms with Crippen molar-refractivity contribution in [2.24, 2.45) is 18.9 Å². The summed E-state index contributed by atoms with van der Waals surface area (Å²) in [6.45, 7) is 3.11. The second-order valence-corrected chi connectivity index (χ2v) is 9.26. The van der Waals surface area contributed by atoms with E-state index in [1.54, 1.807) is 23.4 Å². The van der Waals surface area contributed by atoms with Crippen LogP contribution in [0.4, 0.5) is 0 Å². The smallest absolute Gasteiger partial charge is 0.308 e. The first-order valence-electron chi connectivity index (χ1n) is 9.22. The molecule has 0 saturated carbocycles. The van der Waals surface area contributed by atoms with Gasteiger partial charge < -0.3 is 14.6 Å². The number of carbonyl (C=O) groups is 2. The van der Waals surface area contributed by atoms with Crippen LogP contribution in [0.1, 0.15) is 31.5 Å². The maximum absolute atomic E-state index is 12.7. The number of carboxylic acids is 1. The van der Waals surface area contributed by atoms with E-state index in [0.717, 1.165) is 0 Å². The van der Waals surface area contributed by atoms with Gasteiger partial charge in [-0.1, -0.05) is 0 Å². The summed E-state index contributed by atoms with van der Waals surface area (Å²) in [5, 5.41) is 9.22. The van der Waals surface area contributed by atoms with Crippen molar-refractivity contribution in [3.8, 4) is 0 Å². The van der Waals surface area contributed by atoms with Gasteiger partial charge in [0.05, 0.1) is 5.92 Å². The Hall–Kier alpha value is -1.94. The summed E-state index contributed by atoms with van der Waals surface area (Å²) in [7, 11) is -1.91. The highest BCUT2D eigenvalue weighted by molar-refractivity contribution is 7.89. The molecule has 1 aromatic rings. The molecule has 3 heterocycles.